The minimum absolute atomic E-state index is 0.293. The van der Waals surface area contributed by atoms with Crippen molar-refractivity contribution in [2.75, 3.05) is 20.1 Å². The molecule has 0 radical (unpaired) electrons. The van der Waals surface area contributed by atoms with Crippen molar-refractivity contribution in [3.05, 3.63) is 72.0 Å². The van der Waals surface area contributed by atoms with Gasteiger partial charge in [-0.1, -0.05) is 12.7 Å². The Morgan fingerprint density at radius 1 is 1.24 bits per heavy atom. The molecule has 0 bridgehead atoms. The Kier molecular flexibility index (Phi) is 6.39. The number of piperidine rings is 1. The second-order valence-corrected chi connectivity index (χ2v) is 10.0. The van der Waals surface area contributed by atoms with Crippen molar-refractivity contribution in [3.8, 4) is 0 Å². The average Bonchev–Trinajstić information content (AvgIpc) is 3.26. The zero-order chi connectivity index (χ0) is 22.8. The molecule has 1 atom stereocenters. The fourth-order valence-electron chi connectivity index (χ4n) is 5.93. The maximum absolute atomic E-state index is 4.78. The fraction of sp³-hybridized carbons (Fsp3) is 0.500. The van der Waals surface area contributed by atoms with Crippen LogP contribution in [0.25, 0.3) is 0 Å². The van der Waals surface area contributed by atoms with Crippen LogP contribution in [0, 0.1) is 5.92 Å². The van der Waals surface area contributed by atoms with E-state index in [1.807, 2.05) is 6.20 Å². The maximum atomic E-state index is 4.78. The van der Waals surface area contributed by atoms with E-state index >= 15 is 0 Å². The van der Waals surface area contributed by atoms with Crippen molar-refractivity contribution < 1.29 is 0 Å². The van der Waals surface area contributed by atoms with Crippen LogP contribution in [0.15, 0.2) is 82.0 Å². The largest absolute Gasteiger partial charge is 0.386 e. The molecule has 1 saturated heterocycles. The minimum atomic E-state index is 0.293. The van der Waals surface area contributed by atoms with Gasteiger partial charge in [0, 0.05) is 61.7 Å². The quantitative estimate of drug-likeness (QED) is 0.621. The van der Waals surface area contributed by atoms with Gasteiger partial charge >= 0.3 is 0 Å². The highest BCUT2D eigenvalue weighted by Gasteiger charge is 2.35. The molecule has 1 saturated carbocycles. The van der Waals surface area contributed by atoms with E-state index in [0.717, 1.165) is 24.5 Å². The van der Waals surface area contributed by atoms with Crippen LogP contribution in [-0.2, 0) is 0 Å². The molecule has 0 amide bonds. The summed E-state index contributed by atoms with van der Waals surface area (Å²) >= 11 is 0. The van der Waals surface area contributed by atoms with Crippen molar-refractivity contribution in [3.63, 3.8) is 0 Å². The summed E-state index contributed by atoms with van der Waals surface area (Å²) in [6.45, 7) is 8.29. The number of nitrogens with zero attached hydrogens (tertiary/aromatic N) is 4. The van der Waals surface area contributed by atoms with Gasteiger partial charge in [0.1, 0.15) is 0 Å². The molecule has 0 aromatic heterocycles. The Labute approximate surface area is 198 Å². The van der Waals surface area contributed by atoms with Gasteiger partial charge in [-0.15, -0.1) is 0 Å². The lowest BCUT2D eigenvalue weighted by Gasteiger charge is -2.42. The van der Waals surface area contributed by atoms with Gasteiger partial charge in [-0.05, 0) is 81.6 Å². The number of rotatable bonds is 6. The molecule has 0 spiro atoms. The van der Waals surface area contributed by atoms with Crippen LogP contribution in [-0.4, -0.2) is 53.4 Å². The van der Waals surface area contributed by atoms with Crippen LogP contribution < -0.4 is 5.32 Å². The molecule has 5 rings (SSSR count). The highest BCUT2D eigenvalue weighted by atomic mass is 15.2. The third kappa shape index (κ3) is 4.64. The van der Waals surface area contributed by atoms with Gasteiger partial charge in [-0.2, -0.15) is 0 Å². The molecule has 1 N–H and O–H groups in total. The lowest BCUT2D eigenvalue weighted by Crippen LogP contribution is -2.44. The van der Waals surface area contributed by atoms with Crippen molar-refractivity contribution in [1.82, 2.24) is 15.1 Å². The summed E-state index contributed by atoms with van der Waals surface area (Å²) in [4.78, 5) is 14.1. The number of hydrogen-bond acceptors (Lipinski definition) is 5. The normalized spacial score (nSPS) is 31.5. The maximum Gasteiger partial charge on any atom is 0.0922 e. The van der Waals surface area contributed by atoms with Crippen molar-refractivity contribution in [1.29, 1.82) is 0 Å². The van der Waals surface area contributed by atoms with Crippen molar-refractivity contribution >= 4 is 11.4 Å². The van der Waals surface area contributed by atoms with Crippen LogP contribution in [0.5, 0.6) is 0 Å². The second kappa shape index (κ2) is 9.58. The molecule has 2 fully saturated rings. The first-order valence-corrected chi connectivity index (χ1v) is 12.6. The summed E-state index contributed by atoms with van der Waals surface area (Å²) in [6, 6.07) is 0.855. The third-order valence-corrected chi connectivity index (χ3v) is 7.68. The van der Waals surface area contributed by atoms with Crippen LogP contribution >= 0.6 is 0 Å². The van der Waals surface area contributed by atoms with Crippen LogP contribution in [0.4, 0.5) is 0 Å². The van der Waals surface area contributed by atoms with Gasteiger partial charge in [-0.3, -0.25) is 9.98 Å². The molecule has 5 heteroatoms. The Hall–Kier alpha value is -2.82. The minimum Gasteiger partial charge on any atom is -0.386 e. The summed E-state index contributed by atoms with van der Waals surface area (Å²) in [5.74, 6) is 0.732. The molecule has 2 heterocycles. The molecule has 1 unspecified atom stereocenters. The highest BCUT2D eigenvalue weighted by Crippen LogP contribution is 2.38. The number of likely N-dealkylation sites (N-methyl/N-ethyl adjacent to an activating group) is 1. The average molecular weight is 444 g/mol. The predicted octanol–water partition coefficient (Wildman–Crippen LogP) is 5.10. The van der Waals surface area contributed by atoms with E-state index in [9.17, 15) is 0 Å². The predicted molar refractivity (Wildman–Crippen MR) is 138 cm³/mol. The van der Waals surface area contributed by atoms with Crippen LogP contribution in [0.1, 0.15) is 51.9 Å². The number of likely N-dealkylation sites (tertiary alicyclic amines) is 1. The molecule has 0 aromatic carbocycles. The standard InChI is InChI=1S/C28H37N5/c1-4-29-26-10-8-9-25(26)20(2)31-23-16-21(17-23)15-22-18-24(33-12-6-5-7-13-33)19-27-28(22)32(3)14-11-30-27/h4,8,10-11,14,18-19,21,23,28,31H,1,5-7,9,12-13,15-17H2,2-3H3/b25-20+,29-26?. The highest BCUT2D eigenvalue weighted by molar-refractivity contribution is 6.11. The molecule has 3 aliphatic carbocycles. The van der Waals surface area contributed by atoms with E-state index in [-0.39, 0.29) is 0 Å². The topological polar surface area (TPSA) is 43.2 Å². The zero-order valence-corrected chi connectivity index (χ0v) is 20.1. The van der Waals surface area contributed by atoms with E-state index in [4.69, 9.17) is 4.99 Å². The first kappa shape index (κ1) is 22.0. The first-order chi connectivity index (χ1) is 16.1. The molecule has 0 aromatic rings. The van der Waals surface area contributed by atoms with Crippen LogP contribution in [0.2, 0.25) is 0 Å². The summed E-state index contributed by atoms with van der Waals surface area (Å²) in [5.41, 5.74) is 7.73. The Balaban J connectivity index is 1.24. The number of fused-ring (bicyclic) bond motifs is 1. The summed E-state index contributed by atoms with van der Waals surface area (Å²) in [5, 5.41) is 3.78. The SMILES string of the molecule is C=CN=C1C=CC/C1=C(/C)NC1CC(CC2=CC(N3CCCCC3)=CC3=NC=CN(C)C23)C1. The third-order valence-electron chi connectivity index (χ3n) is 7.68. The summed E-state index contributed by atoms with van der Waals surface area (Å²) in [7, 11) is 2.18. The number of aliphatic imine (C=N–C) groups is 2. The number of hydrogen-bond donors (Lipinski definition) is 1. The molecule has 174 valence electrons. The van der Waals surface area contributed by atoms with Crippen LogP contribution in [0.3, 0.4) is 0 Å². The Bertz CT molecular complexity index is 993. The number of nitrogens with one attached hydrogen (secondary N) is 1. The lowest BCUT2D eigenvalue weighted by atomic mass is 9.74. The van der Waals surface area contributed by atoms with E-state index in [2.05, 4.69) is 71.2 Å². The molecule has 5 aliphatic rings. The van der Waals surface area contributed by atoms with Crippen molar-refractivity contribution in [2.45, 2.75) is 64.0 Å². The van der Waals surface area contributed by atoms with E-state index in [1.54, 1.807) is 6.20 Å². The smallest absolute Gasteiger partial charge is 0.0922 e. The molecular formula is C28H37N5. The van der Waals surface area contributed by atoms with E-state index < -0.39 is 0 Å². The second-order valence-electron chi connectivity index (χ2n) is 10.0. The van der Waals surface area contributed by atoms with Gasteiger partial charge in [0.2, 0.25) is 0 Å². The molecule has 5 nitrogen and oxygen atoms in total. The van der Waals surface area contributed by atoms with E-state index in [0.29, 0.717) is 12.1 Å². The van der Waals surface area contributed by atoms with Gasteiger partial charge in [0.25, 0.3) is 0 Å². The Morgan fingerprint density at radius 2 is 2.06 bits per heavy atom. The summed E-state index contributed by atoms with van der Waals surface area (Å²) in [6.07, 6.45) is 23.3. The first-order valence-electron chi connectivity index (χ1n) is 12.6. The lowest BCUT2D eigenvalue weighted by molar-refractivity contribution is 0.227. The number of allylic oxidation sites excluding steroid dienone is 5. The zero-order valence-electron chi connectivity index (χ0n) is 20.1. The van der Waals surface area contributed by atoms with Gasteiger partial charge in [-0.25, -0.2) is 0 Å². The fourth-order valence-corrected chi connectivity index (χ4v) is 5.93. The molecule has 33 heavy (non-hydrogen) atoms. The Morgan fingerprint density at radius 3 is 2.85 bits per heavy atom. The van der Waals surface area contributed by atoms with Gasteiger partial charge in [0.15, 0.2) is 0 Å². The van der Waals surface area contributed by atoms with Gasteiger partial charge in [0.05, 0.1) is 17.5 Å². The monoisotopic (exact) mass is 443 g/mol. The van der Waals surface area contributed by atoms with Crippen molar-refractivity contribution in [2.24, 2.45) is 15.9 Å². The van der Waals surface area contributed by atoms with E-state index in [1.165, 1.54) is 73.4 Å². The van der Waals surface area contributed by atoms with Gasteiger partial charge < -0.3 is 15.1 Å². The molecule has 2 aliphatic heterocycles. The molecular weight excluding hydrogens is 406 g/mol. The summed E-state index contributed by atoms with van der Waals surface area (Å²) < 4.78 is 0.